The van der Waals surface area contributed by atoms with Crippen LogP contribution in [0, 0.1) is 12.8 Å². The van der Waals surface area contributed by atoms with Crippen LogP contribution in [0.5, 0.6) is 0 Å². The Morgan fingerprint density at radius 3 is 2.78 bits per heavy atom. The van der Waals surface area contributed by atoms with E-state index in [-0.39, 0.29) is 0 Å². The number of fused-ring (bicyclic) bond motifs is 1. The van der Waals surface area contributed by atoms with Gasteiger partial charge in [-0.3, -0.25) is 4.79 Å². The molecule has 2 atom stereocenters. The van der Waals surface area contributed by atoms with Crippen LogP contribution in [-0.4, -0.2) is 46.5 Å². The number of nitrogens with zero attached hydrogens (tertiary/aromatic N) is 4. The van der Waals surface area contributed by atoms with Crippen LogP contribution >= 0.6 is 0 Å². The molecule has 4 rings (SSSR count). The average Bonchev–Trinajstić information content (AvgIpc) is 3.12. The molecule has 1 aromatic heterocycles. The van der Waals surface area contributed by atoms with Crippen LogP contribution in [0.1, 0.15) is 36.9 Å². The summed E-state index contributed by atoms with van der Waals surface area (Å²) in [6, 6.07) is 12.7. The Balaban J connectivity index is 1.35. The molecule has 27 heavy (non-hydrogen) atoms. The van der Waals surface area contributed by atoms with E-state index in [4.69, 9.17) is 0 Å². The van der Waals surface area contributed by atoms with Gasteiger partial charge in [0.1, 0.15) is 0 Å². The van der Waals surface area contributed by atoms with Crippen LogP contribution in [0.2, 0.25) is 0 Å². The average molecular weight is 364 g/mol. The van der Waals surface area contributed by atoms with Gasteiger partial charge in [0.25, 0.3) is 0 Å². The van der Waals surface area contributed by atoms with Crippen molar-refractivity contribution < 1.29 is 4.79 Å². The molecule has 2 aromatic rings. The van der Waals surface area contributed by atoms with Crippen molar-refractivity contribution in [1.29, 1.82) is 0 Å². The first-order valence-electron chi connectivity index (χ1n) is 10.1. The molecular weight excluding hydrogens is 336 g/mol. The van der Waals surface area contributed by atoms with E-state index < -0.39 is 0 Å². The van der Waals surface area contributed by atoms with Gasteiger partial charge in [-0.2, -0.15) is 0 Å². The van der Waals surface area contributed by atoms with Gasteiger partial charge in [-0.05, 0) is 50.2 Å². The van der Waals surface area contributed by atoms with Crippen molar-refractivity contribution in [2.45, 2.75) is 45.1 Å². The summed E-state index contributed by atoms with van der Waals surface area (Å²) in [5.74, 6) is 1.74. The van der Waals surface area contributed by atoms with E-state index in [1.54, 1.807) is 0 Å². The summed E-state index contributed by atoms with van der Waals surface area (Å²) in [6.45, 7) is 4.75. The van der Waals surface area contributed by atoms with Crippen molar-refractivity contribution in [3.63, 3.8) is 0 Å². The second-order valence-corrected chi connectivity index (χ2v) is 7.78. The maximum absolute atomic E-state index is 12.9. The van der Waals surface area contributed by atoms with Gasteiger partial charge in [0, 0.05) is 37.9 Å². The third-order valence-corrected chi connectivity index (χ3v) is 5.95. The Morgan fingerprint density at radius 2 is 1.96 bits per heavy atom. The zero-order chi connectivity index (χ0) is 18.6. The fourth-order valence-corrected chi connectivity index (χ4v) is 4.45. The van der Waals surface area contributed by atoms with Crippen LogP contribution in [0.3, 0.4) is 0 Å². The molecule has 1 aromatic carbocycles. The lowest BCUT2D eigenvalue weighted by molar-refractivity contribution is -0.132. The van der Waals surface area contributed by atoms with Crippen LogP contribution < -0.4 is 4.90 Å². The van der Waals surface area contributed by atoms with Gasteiger partial charge < -0.3 is 9.80 Å². The molecule has 0 saturated carbocycles. The summed E-state index contributed by atoms with van der Waals surface area (Å²) in [6.07, 6.45) is 6.61. The summed E-state index contributed by atoms with van der Waals surface area (Å²) >= 11 is 0. The van der Waals surface area contributed by atoms with E-state index in [1.807, 2.05) is 25.3 Å². The van der Waals surface area contributed by atoms with Crippen molar-refractivity contribution in [1.82, 2.24) is 14.9 Å². The SMILES string of the molecule is Cc1ccnc(N2CCC3CCN(C(=O)CCCc4ccccc4)C3C2)n1. The Bertz CT molecular complexity index is 779. The Morgan fingerprint density at radius 1 is 1.15 bits per heavy atom. The van der Waals surface area contributed by atoms with Gasteiger partial charge >= 0.3 is 0 Å². The summed E-state index contributed by atoms with van der Waals surface area (Å²) in [5, 5.41) is 0. The highest BCUT2D eigenvalue weighted by Gasteiger charge is 2.40. The molecule has 3 heterocycles. The Labute approximate surface area is 161 Å². The van der Waals surface area contributed by atoms with E-state index in [1.165, 1.54) is 5.56 Å². The highest BCUT2D eigenvalue weighted by Crippen LogP contribution is 2.33. The monoisotopic (exact) mass is 364 g/mol. The second kappa shape index (κ2) is 8.07. The molecule has 2 saturated heterocycles. The molecule has 2 fully saturated rings. The lowest BCUT2D eigenvalue weighted by Gasteiger charge is -2.38. The molecule has 5 heteroatoms. The lowest BCUT2D eigenvalue weighted by atomic mass is 9.92. The number of piperidine rings is 1. The van der Waals surface area contributed by atoms with Gasteiger partial charge in [0.2, 0.25) is 11.9 Å². The number of aromatic nitrogens is 2. The molecule has 1 amide bonds. The van der Waals surface area contributed by atoms with Crippen LogP contribution in [0.4, 0.5) is 5.95 Å². The summed E-state index contributed by atoms with van der Waals surface area (Å²) in [5.41, 5.74) is 2.30. The number of carbonyl (C=O) groups is 1. The normalized spacial score (nSPS) is 22.0. The number of rotatable bonds is 5. The molecule has 0 radical (unpaired) electrons. The molecule has 0 bridgehead atoms. The molecular formula is C22H28N4O. The van der Waals surface area contributed by atoms with Crippen LogP contribution in [-0.2, 0) is 11.2 Å². The van der Waals surface area contributed by atoms with Crippen molar-refractivity contribution in [3.05, 3.63) is 53.9 Å². The first-order chi connectivity index (χ1) is 13.2. The van der Waals surface area contributed by atoms with Crippen LogP contribution in [0.25, 0.3) is 0 Å². The van der Waals surface area contributed by atoms with Crippen molar-refractivity contribution in [2.75, 3.05) is 24.5 Å². The zero-order valence-electron chi connectivity index (χ0n) is 16.1. The fourth-order valence-electron chi connectivity index (χ4n) is 4.45. The summed E-state index contributed by atoms with van der Waals surface area (Å²) in [7, 11) is 0. The number of amides is 1. The number of aryl methyl sites for hydroxylation is 2. The Hall–Kier alpha value is -2.43. The molecule has 142 valence electrons. The van der Waals surface area contributed by atoms with Crippen molar-refractivity contribution in [3.8, 4) is 0 Å². The summed E-state index contributed by atoms with van der Waals surface area (Å²) in [4.78, 5) is 26.3. The van der Waals surface area contributed by atoms with Gasteiger partial charge in [-0.15, -0.1) is 0 Å². The molecule has 0 aliphatic carbocycles. The smallest absolute Gasteiger partial charge is 0.225 e. The zero-order valence-corrected chi connectivity index (χ0v) is 16.1. The van der Waals surface area contributed by atoms with Gasteiger partial charge in [0.05, 0.1) is 6.04 Å². The van der Waals surface area contributed by atoms with E-state index in [2.05, 4.69) is 44.0 Å². The number of hydrogen-bond acceptors (Lipinski definition) is 4. The minimum absolute atomic E-state index is 0.311. The van der Waals surface area contributed by atoms with E-state index in [0.717, 1.165) is 57.0 Å². The third-order valence-electron chi connectivity index (χ3n) is 5.95. The number of anilines is 1. The molecule has 0 spiro atoms. The van der Waals surface area contributed by atoms with E-state index in [9.17, 15) is 4.79 Å². The summed E-state index contributed by atoms with van der Waals surface area (Å²) < 4.78 is 0. The molecule has 2 aliphatic rings. The highest BCUT2D eigenvalue weighted by molar-refractivity contribution is 5.77. The predicted octanol–water partition coefficient (Wildman–Crippen LogP) is 3.24. The van der Waals surface area contributed by atoms with Crippen LogP contribution in [0.15, 0.2) is 42.6 Å². The number of carbonyl (C=O) groups excluding carboxylic acids is 1. The minimum Gasteiger partial charge on any atom is -0.339 e. The number of hydrogen-bond donors (Lipinski definition) is 0. The molecule has 2 unspecified atom stereocenters. The quantitative estimate of drug-likeness (QED) is 0.817. The standard InChI is InChI=1S/C22H28N4O/c1-17-10-13-23-22(24-17)25-14-11-19-12-15-26(20(19)16-25)21(27)9-5-8-18-6-3-2-4-7-18/h2-4,6-7,10,13,19-20H,5,8-9,11-12,14-16H2,1H3. The lowest BCUT2D eigenvalue weighted by Crippen LogP contribution is -2.50. The maximum atomic E-state index is 12.9. The van der Waals surface area contributed by atoms with Gasteiger partial charge in [0.15, 0.2) is 0 Å². The predicted molar refractivity (Wildman–Crippen MR) is 107 cm³/mol. The maximum Gasteiger partial charge on any atom is 0.225 e. The first-order valence-corrected chi connectivity index (χ1v) is 10.1. The highest BCUT2D eigenvalue weighted by atomic mass is 16.2. The first kappa shape index (κ1) is 18.0. The van der Waals surface area contributed by atoms with Crippen molar-refractivity contribution >= 4 is 11.9 Å². The van der Waals surface area contributed by atoms with Gasteiger partial charge in [-0.25, -0.2) is 9.97 Å². The second-order valence-electron chi connectivity index (χ2n) is 7.78. The van der Waals surface area contributed by atoms with E-state index >= 15 is 0 Å². The number of benzene rings is 1. The third kappa shape index (κ3) is 4.12. The topological polar surface area (TPSA) is 49.3 Å². The van der Waals surface area contributed by atoms with Gasteiger partial charge in [-0.1, -0.05) is 30.3 Å². The minimum atomic E-state index is 0.311. The molecule has 2 aliphatic heterocycles. The molecule has 0 N–H and O–H groups in total. The number of likely N-dealkylation sites (tertiary alicyclic amines) is 1. The van der Waals surface area contributed by atoms with Crippen molar-refractivity contribution in [2.24, 2.45) is 5.92 Å². The van der Waals surface area contributed by atoms with E-state index in [0.29, 0.717) is 24.3 Å². The Kier molecular flexibility index (Phi) is 5.37. The largest absolute Gasteiger partial charge is 0.339 e. The fraction of sp³-hybridized carbons (Fsp3) is 0.500. The molecule has 5 nitrogen and oxygen atoms in total.